The van der Waals surface area contributed by atoms with Gasteiger partial charge in [0.05, 0.1) is 11.6 Å². The van der Waals surface area contributed by atoms with Gasteiger partial charge in [-0.1, -0.05) is 13.3 Å². The molecule has 0 N–H and O–H groups in total. The number of rotatable bonds is 3. The fourth-order valence-electron chi connectivity index (χ4n) is 2.50. The summed E-state index contributed by atoms with van der Waals surface area (Å²) in [5, 5.41) is 4.52. The number of hydrogen-bond acceptors (Lipinski definition) is 4. The minimum Gasteiger partial charge on any atom is -0.326 e. The first-order valence-corrected chi connectivity index (χ1v) is 7.99. The number of carbonyl (C=O) groups is 1. The zero-order valence-corrected chi connectivity index (χ0v) is 12.6. The van der Waals surface area contributed by atoms with Gasteiger partial charge in [-0.25, -0.2) is 9.50 Å². The Morgan fingerprint density at radius 3 is 3.20 bits per heavy atom. The van der Waals surface area contributed by atoms with Crippen LogP contribution in [0.15, 0.2) is 18.5 Å². The third-order valence-electron chi connectivity index (χ3n) is 3.53. The second-order valence-electron chi connectivity index (χ2n) is 5.01. The molecule has 6 heteroatoms. The number of nitrogens with zero attached hydrogens (tertiary/aromatic N) is 4. The van der Waals surface area contributed by atoms with Gasteiger partial charge in [0.25, 0.3) is 5.91 Å². The van der Waals surface area contributed by atoms with Crippen LogP contribution in [-0.4, -0.2) is 43.1 Å². The van der Waals surface area contributed by atoms with Crippen molar-refractivity contribution in [2.75, 3.05) is 12.3 Å². The SMILES string of the molecule is CCC[C@H]1SCCN1C(=O)c1cnn2ccc(C)nc12. The summed E-state index contributed by atoms with van der Waals surface area (Å²) in [6.45, 7) is 4.89. The summed E-state index contributed by atoms with van der Waals surface area (Å²) in [6.07, 6.45) is 5.61. The van der Waals surface area contributed by atoms with Crippen molar-refractivity contribution in [2.45, 2.75) is 32.1 Å². The topological polar surface area (TPSA) is 50.5 Å². The molecule has 1 amide bonds. The predicted molar refractivity (Wildman–Crippen MR) is 79.9 cm³/mol. The summed E-state index contributed by atoms with van der Waals surface area (Å²) in [5.41, 5.74) is 2.16. The van der Waals surface area contributed by atoms with Gasteiger partial charge in [-0.2, -0.15) is 5.10 Å². The Bertz CT molecular complexity index is 639. The van der Waals surface area contributed by atoms with Gasteiger partial charge in [-0.3, -0.25) is 4.79 Å². The first kappa shape index (κ1) is 13.4. The summed E-state index contributed by atoms with van der Waals surface area (Å²) >= 11 is 1.87. The zero-order chi connectivity index (χ0) is 14.1. The molecule has 20 heavy (non-hydrogen) atoms. The highest BCUT2D eigenvalue weighted by Gasteiger charge is 2.31. The maximum absolute atomic E-state index is 12.7. The Morgan fingerprint density at radius 2 is 2.40 bits per heavy atom. The lowest BCUT2D eigenvalue weighted by atomic mass is 10.2. The smallest absolute Gasteiger partial charge is 0.260 e. The molecule has 1 aliphatic heterocycles. The van der Waals surface area contributed by atoms with Crippen LogP contribution in [-0.2, 0) is 0 Å². The molecule has 0 saturated carbocycles. The Hall–Kier alpha value is -1.56. The van der Waals surface area contributed by atoms with Crippen molar-refractivity contribution in [2.24, 2.45) is 0 Å². The van der Waals surface area contributed by atoms with E-state index < -0.39 is 0 Å². The average Bonchev–Trinajstić information content (AvgIpc) is 3.04. The van der Waals surface area contributed by atoms with Crippen LogP contribution in [0.25, 0.3) is 5.65 Å². The second-order valence-corrected chi connectivity index (χ2v) is 6.29. The molecule has 5 nitrogen and oxygen atoms in total. The van der Waals surface area contributed by atoms with Crippen molar-refractivity contribution in [1.82, 2.24) is 19.5 Å². The molecule has 1 saturated heterocycles. The van der Waals surface area contributed by atoms with E-state index >= 15 is 0 Å². The highest BCUT2D eigenvalue weighted by Crippen LogP contribution is 2.29. The van der Waals surface area contributed by atoms with Crippen LogP contribution in [0, 0.1) is 6.92 Å². The van der Waals surface area contributed by atoms with Gasteiger partial charge in [-0.15, -0.1) is 11.8 Å². The summed E-state index contributed by atoms with van der Waals surface area (Å²) in [6, 6.07) is 1.89. The monoisotopic (exact) mass is 290 g/mol. The van der Waals surface area contributed by atoms with E-state index in [2.05, 4.69) is 17.0 Å². The highest BCUT2D eigenvalue weighted by atomic mass is 32.2. The molecule has 0 spiro atoms. The highest BCUT2D eigenvalue weighted by molar-refractivity contribution is 8.00. The van der Waals surface area contributed by atoms with Gasteiger partial charge in [0, 0.05) is 24.2 Å². The zero-order valence-electron chi connectivity index (χ0n) is 11.7. The minimum atomic E-state index is 0.0570. The maximum Gasteiger partial charge on any atom is 0.260 e. The number of aryl methyl sites for hydroxylation is 1. The van der Waals surface area contributed by atoms with E-state index in [1.807, 2.05) is 35.8 Å². The largest absolute Gasteiger partial charge is 0.326 e. The number of thioether (sulfide) groups is 1. The fourth-order valence-corrected chi connectivity index (χ4v) is 3.86. The molecule has 1 fully saturated rings. The Labute approximate surface area is 122 Å². The van der Waals surface area contributed by atoms with Gasteiger partial charge in [0.15, 0.2) is 5.65 Å². The molecule has 0 aromatic carbocycles. The van der Waals surface area contributed by atoms with E-state index in [4.69, 9.17) is 0 Å². The van der Waals surface area contributed by atoms with Crippen molar-refractivity contribution < 1.29 is 4.79 Å². The van der Waals surface area contributed by atoms with Gasteiger partial charge >= 0.3 is 0 Å². The van der Waals surface area contributed by atoms with E-state index in [1.54, 1.807) is 10.7 Å². The normalized spacial score (nSPS) is 18.9. The van der Waals surface area contributed by atoms with Crippen LogP contribution in [0.4, 0.5) is 0 Å². The maximum atomic E-state index is 12.7. The number of fused-ring (bicyclic) bond motifs is 1. The molecule has 106 valence electrons. The summed E-state index contributed by atoms with van der Waals surface area (Å²) < 4.78 is 1.66. The van der Waals surface area contributed by atoms with Gasteiger partial charge in [-0.05, 0) is 19.4 Å². The van der Waals surface area contributed by atoms with Crippen LogP contribution in [0.2, 0.25) is 0 Å². The van der Waals surface area contributed by atoms with E-state index in [9.17, 15) is 4.79 Å². The quantitative estimate of drug-likeness (QED) is 0.870. The summed E-state index contributed by atoms with van der Waals surface area (Å²) in [7, 11) is 0. The number of hydrogen-bond donors (Lipinski definition) is 0. The van der Waals surface area contributed by atoms with Crippen LogP contribution in [0.3, 0.4) is 0 Å². The first-order valence-electron chi connectivity index (χ1n) is 6.94. The van der Waals surface area contributed by atoms with Gasteiger partial charge in [0.2, 0.25) is 0 Å². The number of amides is 1. The van der Waals surface area contributed by atoms with Crippen molar-refractivity contribution in [1.29, 1.82) is 0 Å². The third-order valence-corrected chi connectivity index (χ3v) is 4.82. The minimum absolute atomic E-state index is 0.0570. The molecular weight excluding hydrogens is 272 g/mol. The van der Waals surface area contributed by atoms with Crippen LogP contribution < -0.4 is 0 Å². The van der Waals surface area contributed by atoms with Crippen LogP contribution in [0.1, 0.15) is 35.8 Å². The molecule has 3 heterocycles. The predicted octanol–water partition coefficient (Wildman–Crippen LogP) is 2.35. The first-order chi connectivity index (χ1) is 9.70. The Kier molecular flexibility index (Phi) is 3.65. The van der Waals surface area contributed by atoms with Crippen molar-refractivity contribution >= 4 is 23.3 Å². The lowest BCUT2D eigenvalue weighted by molar-refractivity contribution is 0.0758. The average molecular weight is 290 g/mol. The van der Waals surface area contributed by atoms with E-state index in [1.165, 1.54) is 0 Å². The molecule has 0 bridgehead atoms. The third kappa shape index (κ3) is 2.28. The van der Waals surface area contributed by atoms with E-state index in [0.29, 0.717) is 16.6 Å². The molecule has 3 rings (SSSR count). The Balaban J connectivity index is 1.94. The van der Waals surface area contributed by atoms with Crippen LogP contribution in [0.5, 0.6) is 0 Å². The number of aromatic nitrogens is 3. The summed E-state index contributed by atoms with van der Waals surface area (Å²) in [4.78, 5) is 19.2. The van der Waals surface area contributed by atoms with E-state index in [0.717, 1.165) is 30.8 Å². The van der Waals surface area contributed by atoms with Gasteiger partial charge < -0.3 is 4.90 Å². The van der Waals surface area contributed by atoms with Crippen LogP contribution >= 0.6 is 11.8 Å². The molecule has 2 aromatic rings. The standard InChI is InChI=1S/C14H18N4OS/c1-3-4-12-17(7-8-20-12)14(19)11-9-15-18-6-5-10(2)16-13(11)18/h5-6,9,12H,3-4,7-8H2,1-2H3/t12-/m1/s1. The molecular formula is C14H18N4OS. The summed E-state index contributed by atoms with van der Waals surface area (Å²) in [5.74, 6) is 1.07. The molecule has 1 aliphatic rings. The van der Waals surface area contributed by atoms with Gasteiger partial charge in [0.1, 0.15) is 5.56 Å². The lowest BCUT2D eigenvalue weighted by Gasteiger charge is -2.22. The second kappa shape index (κ2) is 5.44. The molecule has 0 aliphatic carbocycles. The molecule has 0 radical (unpaired) electrons. The molecule has 0 unspecified atom stereocenters. The molecule has 2 aromatic heterocycles. The van der Waals surface area contributed by atoms with Crippen molar-refractivity contribution in [3.8, 4) is 0 Å². The molecule has 1 atom stereocenters. The number of carbonyl (C=O) groups excluding carboxylic acids is 1. The fraction of sp³-hybridized carbons (Fsp3) is 0.500. The lowest BCUT2D eigenvalue weighted by Crippen LogP contribution is -2.34. The van der Waals surface area contributed by atoms with E-state index in [-0.39, 0.29) is 5.91 Å². The van der Waals surface area contributed by atoms with Crippen molar-refractivity contribution in [3.63, 3.8) is 0 Å². The van der Waals surface area contributed by atoms with Crippen molar-refractivity contribution in [3.05, 3.63) is 29.7 Å². The Morgan fingerprint density at radius 1 is 1.55 bits per heavy atom.